The van der Waals surface area contributed by atoms with Crippen molar-refractivity contribution in [3.8, 4) is 5.75 Å². The van der Waals surface area contributed by atoms with Crippen molar-refractivity contribution in [1.82, 2.24) is 0 Å². The first-order valence-corrected chi connectivity index (χ1v) is 14.2. The van der Waals surface area contributed by atoms with Gasteiger partial charge in [0.05, 0.1) is 11.5 Å². The Morgan fingerprint density at radius 1 is 1.13 bits per heavy atom. The average molecular weight is 535 g/mol. The van der Waals surface area contributed by atoms with Gasteiger partial charge in [0.15, 0.2) is 23.0 Å². The van der Waals surface area contributed by atoms with E-state index in [1.807, 2.05) is 26.8 Å². The molecule has 0 spiro atoms. The van der Waals surface area contributed by atoms with E-state index in [9.17, 15) is 29.4 Å². The van der Waals surface area contributed by atoms with Crippen LogP contribution in [-0.2, 0) is 20.8 Å². The van der Waals surface area contributed by atoms with Gasteiger partial charge in [0.25, 0.3) is 0 Å². The highest BCUT2D eigenvalue weighted by Gasteiger charge is 2.73. The summed E-state index contributed by atoms with van der Waals surface area (Å²) >= 11 is 0. The first-order valence-electron chi connectivity index (χ1n) is 14.2. The number of carbonyl (C=O) groups is 4. The number of benzene rings is 1. The molecule has 1 saturated carbocycles. The molecule has 5 atom stereocenters. The molecule has 1 fully saturated rings. The second-order valence-electron chi connectivity index (χ2n) is 13.0. The van der Waals surface area contributed by atoms with Crippen LogP contribution in [0, 0.1) is 28.6 Å². The molecule has 6 heteroatoms. The number of Topliss-reactive ketones (excluding diaryl/α,β-unsaturated/α-hetero) is 4. The Hall–Kier alpha value is -2.86. The highest BCUT2D eigenvalue weighted by atomic mass is 16.3. The smallest absolute Gasteiger partial charge is 0.192 e. The lowest BCUT2D eigenvalue weighted by Crippen LogP contribution is -2.73. The van der Waals surface area contributed by atoms with E-state index in [1.54, 1.807) is 13.8 Å². The third-order valence-corrected chi connectivity index (χ3v) is 9.67. The normalized spacial score (nSPS) is 32.8. The van der Waals surface area contributed by atoms with Crippen LogP contribution in [0.25, 0.3) is 6.08 Å². The molecule has 210 valence electrons. The number of rotatable bonds is 6. The highest BCUT2D eigenvalue weighted by Crippen LogP contribution is 2.64. The molecule has 2 unspecified atom stereocenters. The number of aliphatic hydroxyl groups is 1. The Morgan fingerprint density at radius 3 is 2.33 bits per heavy atom. The molecule has 0 radical (unpaired) electrons. The van der Waals surface area contributed by atoms with Gasteiger partial charge in [-0.3, -0.25) is 19.2 Å². The molecule has 3 aliphatic rings. The summed E-state index contributed by atoms with van der Waals surface area (Å²) in [6.07, 6.45) is 5.64. The summed E-state index contributed by atoms with van der Waals surface area (Å²) in [6.45, 7) is 14.8. The summed E-state index contributed by atoms with van der Waals surface area (Å²) in [4.78, 5) is 55.0. The maximum Gasteiger partial charge on any atom is 0.192 e. The summed E-state index contributed by atoms with van der Waals surface area (Å²) in [6, 6.07) is 3.29. The molecule has 6 nitrogen and oxygen atoms in total. The first kappa shape index (κ1) is 29.1. The van der Waals surface area contributed by atoms with E-state index in [0.29, 0.717) is 17.6 Å². The van der Waals surface area contributed by atoms with Crippen molar-refractivity contribution in [2.24, 2.45) is 28.6 Å². The molecule has 1 aromatic carbocycles. The van der Waals surface area contributed by atoms with Crippen LogP contribution in [-0.4, -0.2) is 38.9 Å². The van der Waals surface area contributed by atoms with Crippen molar-refractivity contribution < 1.29 is 29.4 Å². The maximum absolute atomic E-state index is 14.4. The van der Waals surface area contributed by atoms with Crippen molar-refractivity contribution in [3.63, 3.8) is 0 Å². The topological polar surface area (TPSA) is 109 Å². The number of hydrogen-bond donors (Lipinski definition) is 2. The van der Waals surface area contributed by atoms with E-state index >= 15 is 0 Å². The third kappa shape index (κ3) is 4.01. The van der Waals surface area contributed by atoms with E-state index in [-0.39, 0.29) is 23.7 Å². The van der Waals surface area contributed by atoms with Crippen LogP contribution in [0.5, 0.6) is 5.75 Å². The minimum absolute atomic E-state index is 0.0947. The van der Waals surface area contributed by atoms with Gasteiger partial charge < -0.3 is 10.2 Å². The zero-order valence-electron chi connectivity index (χ0n) is 24.5. The van der Waals surface area contributed by atoms with E-state index in [0.717, 1.165) is 30.4 Å². The van der Waals surface area contributed by atoms with Crippen LogP contribution in [0.3, 0.4) is 0 Å². The predicted molar refractivity (Wildman–Crippen MR) is 150 cm³/mol. The van der Waals surface area contributed by atoms with Crippen LogP contribution in [0.15, 0.2) is 28.9 Å². The van der Waals surface area contributed by atoms with Crippen molar-refractivity contribution in [2.45, 2.75) is 93.1 Å². The van der Waals surface area contributed by atoms with Gasteiger partial charge in [0.1, 0.15) is 17.5 Å². The van der Waals surface area contributed by atoms with E-state index < -0.39 is 51.4 Å². The minimum Gasteiger partial charge on any atom is -0.507 e. The lowest BCUT2D eigenvalue weighted by atomic mass is 9.41. The Morgan fingerprint density at radius 2 is 1.77 bits per heavy atom. The van der Waals surface area contributed by atoms with Crippen molar-refractivity contribution >= 4 is 29.2 Å². The summed E-state index contributed by atoms with van der Waals surface area (Å²) in [5, 5.41) is 23.0. The number of fused-ring (bicyclic) bond motifs is 3. The van der Waals surface area contributed by atoms with Crippen LogP contribution in [0.1, 0.15) is 103 Å². The monoisotopic (exact) mass is 534 g/mol. The number of unbranched alkanes of at least 4 members (excludes halogenated alkanes) is 1. The van der Waals surface area contributed by atoms with Gasteiger partial charge in [0, 0.05) is 5.41 Å². The molecular weight excluding hydrogens is 492 g/mol. The second-order valence-corrected chi connectivity index (χ2v) is 13.0. The molecule has 0 aliphatic heterocycles. The van der Waals surface area contributed by atoms with Crippen LogP contribution >= 0.6 is 0 Å². The molecule has 1 aromatic rings. The third-order valence-electron chi connectivity index (χ3n) is 9.67. The summed E-state index contributed by atoms with van der Waals surface area (Å²) < 4.78 is 0. The van der Waals surface area contributed by atoms with Gasteiger partial charge in [-0.15, -0.1) is 0 Å². The maximum atomic E-state index is 14.4. The zero-order chi connectivity index (χ0) is 29.2. The number of phenolic OH excluding ortho intramolecular Hbond substituents is 1. The fraction of sp³-hybridized carbons (Fsp3) is 0.576. The first-order chi connectivity index (χ1) is 18.1. The van der Waals surface area contributed by atoms with Gasteiger partial charge in [-0.2, -0.15) is 0 Å². The number of allylic oxidation sites excluding steroid dienone is 2. The molecule has 0 bridgehead atoms. The van der Waals surface area contributed by atoms with Gasteiger partial charge in [-0.25, -0.2) is 0 Å². The number of aromatic hydroxyl groups is 1. The highest BCUT2D eigenvalue weighted by molar-refractivity contribution is 6.27. The molecule has 2 N–H and O–H groups in total. The molecule has 0 amide bonds. The molecule has 3 aliphatic carbocycles. The molecule has 4 rings (SSSR count). The van der Waals surface area contributed by atoms with E-state index in [2.05, 4.69) is 19.9 Å². The SMILES string of the molecule is CCCC/C(C)=C/c1ccc(O)c2c1C[C@@]1(C)C[C@@]3(C)C(C(C)C)=C(C)C(C(C)=O)C(=O)[C@@]3(O)C(=O)C1C2=O. The molecule has 0 heterocycles. The van der Waals surface area contributed by atoms with Gasteiger partial charge in [-0.1, -0.05) is 69.9 Å². The minimum atomic E-state index is -2.51. The summed E-state index contributed by atoms with van der Waals surface area (Å²) in [7, 11) is 0. The summed E-state index contributed by atoms with van der Waals surface area (Å²) in [5.74, 6) is -5.56. The van der Waals surface area contributed by atoms with Gasteiger partial charge in [0.2, 0.25) is 0 Å². The fourth-order valence-electron chi connectivity index (χ4n) is 8.29. The summed E-state index contributed by atoms with van der Waals surface area (Å²) in [5.41, 5.74) is -0.553. The Labute approximate surface area is 231 Å². The molecule has 0 saturated heterocycles. The average Bonchev–Trinajstić information content (AvgIpc) is 2.81. The fourth-order valence-corrected chi connectivity index (χ4v) is 8.29. The largest absolute Gasteiger partial charge is 0.507 e. The van der Waals surface area contributed by atoms with E-state index in [1.165, 1.54) is 18.6 Å². The molecule has 39 heavy (non-hydrogen) atoms. The van der Waals surface area contributed by atoms with Crippen LogP contribution < -0.4 is 0 Å². The number of ketones is 4. The Balaban J connectivity index is 1.96. The van der Waals surface area contributed by atoms with Crippen molar-refractivity contribution in [2.75, 3.05) is 0 Å². The van der Waals surface area contributed by atoms with Gasteiger partial charge in [-0.05, 0) is 75.0 Å². The van der Waals surface area contributed by atoms with Crippen molar-refractivity contribution in [1.29, 1.82) is 0 Å². The van der Waals surface area contributed by atoms with E-state index in [4.69, 9.17) is 0 Å². The van der Waals surface area contributed by atoms with Crippen LogP contribution in [0.4, 0.5) is 0 Å². The predicted octanol–water partition coefficient (Wildman–Crippen LogP) is 5.82. The molecular formula is C33H42O6. The number of carbonyl (C=O) groups excluding carboxylic acids is 4. The Bertz CT molecular complexity index is 1350. The quantitative estimate of drug-likeness (QED) is 0.352. The lowest BCUT2D eigenvalue weighted by Gasteiger charge is -2.60. The number of phenols is 1. The number of hydrogen-bond acceptors (Lipinski definition) is 6. The lowest BCUT2D eigenvalue weighted by molar-refractivity contribution is -0.183. The van der Waals surface area contributed by atoms with Crippen molar-refractivity contribution in [3.05, 3.63) is 45.5 Å². The van der Waals surface area contributed by atoms with Gasteiger partial charge >= 0.3 is 0 Å². The second kappa shape index (κ2) is 9.65. The Kier molecular flexibility index (Phi) is 7.21. The standard InChI is InChI=1S/C33H42O6/c1-9-10-11-18(4)14-21-12-13-23(35)25-22(21)15-31(7)16-32(8)26(17(2)3)19(5)24(20(6)34)29(37)33(32,39)30(38)27(31)28(25)36/h12-14,17,24,27,35,39H,9-11,15-16H2,1-8H3/b18-14+/t24?,27?,31-,32-,33+/m0/s1. The van der Waals surface area contributed by atoms with Crippen LogP contribution in [0.2, 0.25) is 0 Å². The molecule has 0 aromatic heterocycles. The zero-order valence-corrected chi connectivity index (χ0v) is 24.5.